The van der Waals surface area contributed by atoms with Gasteiger partial charge >= 0.3 is 6.09 Å². The molecular formula is C11H19NO4. The number of hydrogen-bond donors (Lipinski definition) is 2. The first-order chi connectivity index (χ1) is 7.47. The average molecular weight is 229 g/mol. The van der Waals surface area contributed by atoms with Crippen LogP contribution in [0.25, 0.3) is 0 Å². The fourth-order valence-electron chi connectivity index (χ4n) is 1.86. The predicted molar refractivity (Wildman–Crippen MR) is 57.9 cm³/mol. The molecule has 0 fully saturated rings. The molecule has 0 bridgehead atoms. The highest BCUT2D eigenvalue weighted by molar-refractivity contribution is 5.66. The Labute approximate surface area is 95.3 Å². The van der Waals surface area contributed by atoms with E-state index in [9.17, 15) is 15.1 Å². The van der Waals surface area contributed by atoms with Crippen LogP contribution in [-0.2, 0) is 4.74 Å². The van der Waals surface area contributed by atoms with E-state index in [-0.39, 0.29) is 11.8 Å². The van der Waals surface area contributed by atoms with E-state index in [0.717, 1.165) is 0 Å². The van der Waals surface area contributed by atoms with Crippen molar-refractivity contribution < 1.29 is 19.8 Å². The summed E-state index contributed by atoms with van der Waals surface area (Å²) in [6.45, 7) is 3.87. The normalized spacial score (nSPS) is 25.9. The minimum absolute atomic E-state index is 0.0238. The summed E-state index contributed by atoms with van der Waals surface area (Å²) < 4.78 is 4.41. The van der Waals surface area contributed by atoms with Gasteiger partial charge in [0.15, 0.2) is 0 Å². The first kappa shape index (κ1) is 13.0. The third-order valence-corrected chi connectivity index (χ3v) is 2.89. The molecule has 3 atom stereocenters. The van der Waals surface area contributed by atoms with Crippen LogP contribution < -0.4 is 0 Å². The molecule has 2 N–H and O–H groups in total. The van der Waals surface area contributed by atoms with Gasteiger partial charge in [0.25, 0.3) is 0 Å². The molecule has 5 heteroatoms. The highest BCUT2D eigenvalue weighted by Gasteiger charge is 2.32. The van der Waals surface area contributed by atoms with Gasteiger partial charge in [0.2, 0.25) is 0 Å². The molecule has 92 valence electrons. The molecule has 0 aliphatic heterocycles. The smallest absolute Gasteiger partial charge is 0.434 e. The zero-order valence-corrected chi connectivity index (χ0v) is 9.83. The zero-order valence-electron chi connectivity index (χ0n) is 9.83. The highest BCUT2D eigenvalue weighted by Crippen LogP contribution is 2.27. The molecule has 1 amide bonds. The Morgan fingerprint density at radius 1 is 1.50 bits per heavy atom. The van der Waals surface area contributed by atoms with E-state index in [1.807, 2.05) is 19.9 Å². The van der Waals surface area contributed by atoms with E-state index < -0.39 is 18.2 Å². The van der Waals surface area contributed by atoms with Gasteiger partial charge in [-0.05, 0) is 12.3 Å². The van der Waals surface area contributed by atoms with E-state index in [1.165, 1.54) is 7.11 Å². The molecule has 0 aromatic carbocycles. The van der Waals surface area contributed by atoms with Crippen molar-refractivity contribution in [3.8, 4) is 0 Å². The summed E-state index contributed by atoms with van der Waals surface area (Å²) in [6, 6.07) is -0.411. The first-order valence-corrected chi connectivity index (χ1v) is 5.39. The van der Waals surface area contributed by atoms with E-state index in [2.05, 4.69) is 4.74 Å². The summed E-state index contributed by atoms with van der Waals surface area (Å²) in [5, 5.41) is 19.9. The molecule has 5 nitrogen and oxygen atoms in total. The van der Waals surface area contributed by atoms with Crippen LogP contribution >= 0.6 is 0 Å². The molecule has 0 saturated heterocycles. The summed E-state index contributed by atoms with van der Waals surface area (Å²) in [5.74, 6) is 0.128. The maximum Gasteiger partial charge on any atom is 0.434 e. The molecule has 1 unspecified atom stereocenters. The van der Waals surface area contributed by atoms with Crippen LogP contribution in [0.5, 0.6) is 0 Å². The van der Waals surface area contributed by atoms with Crippen molar-refractivity contribution in [1.82, 2.24) is 5.06 Å². The molecule has 1 aliphatic rings. The number of hydrogen-bond acceptors (Lipinski definition) is 4. The lowest BCUT2D eigenvalue weighted by Gasteiger charge is -2.24. The van der Waals surface area contributed by atoms with Crippen LogP contribution in [0.2, 0.25) is 0 Å². The Morgan fingerprint density at radius 2 is 2.12 bits per heavy atom. The van der Waals surface area contributed by atoms with E-state index in [4.69, 9.17) is 0 Å². The van der Waals surface area contributed by atoms with Crippen LogP contribution in [0, 0.1) is 11.8 Å². The molecule has 0 aromatic rings. The highest BCUT2D eigenvalue weighted by atomic mass is 16.6. The Bertz CT molecular complexity index is 277. The standard InChI is InChI=1S/C11H19NO4/c1-7(2)10(13)8-4-5-9(6-8)12(15)11(14)16-3/h4-5,7-10,13,15H,6H2,1-3H3/t8-,9+,10?/m1/s1. The van der Waals surface area contributed by atoms with Gasteiger partial charge < -0.3 is 9.84 Å². The Kier molecular flexibility index (Phi) is 4.32. The van der Waals surface area contributed by atoms with Crippen LogP contribution in [0.3, 0.4) is 0 Å². The number of rotatable bonds is 3. The molecule has 0 aromatic heterocycles. The van der Waals surface area contributed by atoms with Crippen LogP contribution in [0.1, 0.15) is 20.3 Å². The monoisotopic (exact) mass is 229 g/mol. The van der Waals surface area contributed by atoms with E-state index >= 15 is 0 Å². The average Bonchev–Trinajstić information content (AvgIpc) is 2.74. The largest absolute Gasteiger partial charge is 0.451 e. The second kappa shape index (κ2) is 5.32. The Morgan fingerprint density at radius 3 is 2.62 bits per heavy atom. The van der Waals surface area contributed by atoms with Gasteiger partial charge in [0, 0.05) is 5.92 Å². The molecule has 1 rings (SSSR count). The number of carbonyl (C=O) groups excluding carboxylic acids is 1. The van der Waals surface area contributed by atoms with Crippen molar-refractivity contribution in [2.45, 2.75) is 32.4 Å². The van der Waals surface area contributed by atoms with Crippen LogP contribution in [0.4, 0.5) is 4.79 Å². The van der Waals surface area contributed by atoms with Gasteiger partial charge in [-0.2, -0.15) is 5.06 Å². The van der Waals surface area contributed by atoms with Gasteiger partial charge in [-0.3, -0.25) is 5.21 Å². The number of nitrogens with zero attached hydrogens (tertiary/aromatic N) is 1. The van der Waals surface area contributed by atoms with Crippen molar-refractivity contribution >= 4 is 6.09 Å². The molecule has 0 radical (unpaired) electrons. The number of amides is 1. The number of aliphatic hydroxyl groups excluding tert-OH is 1. The van der Waals surface area contributed by atoms with Crippen molar-refractivity contribution in [1.29, 1.82) is 0 Å². The summed E-state index contributed by atoms with van der Waals surface area (Å²) in [7, 11) is 1.21. The lowest BCUT2D eigenvalue weighted by molar-refractivity contribution is -0.0921. The quantitative estimate of drug-likeness (QED) is 0.436. The van der Waals surface area contributed by atoms with Gasteiger partial charge in [0.1, 0.15) is 0 Å². The van der Waals surface area contributed by atoms with Gasteiger partial charge in [-0.15, -0.1) is 0 Å². The second-order valence-electron chi connectivity index (χ2n) is 4.40. The number of ether oxygens (including phenoxy) is 1. The fourth-order valence-corrected chi connectivity index (χ4v) is 1.86. The topological polar surface area (TPSA) is 70.0 Å². The molecule has 16 heavy (non-hydrogen) atoms. The minimum Gasteiger partial charge on any atom is -0.451 e. The molecular weight excluding hydrogens is 210 g/mol. The number of hydroxylamine groups is 2. The third-order valence-electron chi connectivity index (χ3n) is 2.89. The summed E-state index contributed by atoms with van der Waals surface area (Å²) in [4.78, 5) is 11.1. The molecule has 1 aliphatic carbocycles. The number of carbonyl (C=O) groups is 1. The maximum absolute atomic E-state index is 11.1. The number of aliphatic hydroxyl groups is 1. The Balaban J connectivity index is 2.54. The van der Waals surface area contributed by atoms with E-state index in [0.29, 0.717) is 11.5 Å². The lowest BCUT2D eigenvalue weighted by Crippen LogP contribution is -2.36. The first-order valence-electron chi connectivity index (χ1n) is 5.39. The fraction of sp³-hybridized carbons (Fsp3) is 0.727. The Hall–Kier alpha value is -1.07. The number of methoxy groups -OCH3 is 1. The zero-order chi connectivity index (χ0) is 12.3. The summed E-state index contributed by atoms with van der Waals surface area (Å²) >= 11 is 0. The summed E-state index contributed by atoms with van der Waals surface area (Å²) in [6.07, 6.45) is 2.83. The molecule has 0 spiro atoms. The van der Waals surface area contributed by atoms with Gasteiger partial charge in [-0.1, -0.05) is 26.0 Å². The van der Waals surface area contributed by atoms with Gasteiger partial charge in [-0.25, -0.2) is 4.79 Å². The summed E-state index contributed by atoms with van der Waals surface area (Å²) in [5.41, 5.74) is 0. The van der Waals surface area contributed by atoms with Crippen molar-refractivity contribution in [3.05, 3.63) is 12.2 Å². The van der Waals surface area contributed by atoms with Crippen molar-refractivity contribution in [3.63, 3.8) is 0 Å². The minimum atomic E-state index is -0.783. The molecule has 0 saturated carbocycles. The van der Waals surface area contributed by atoms with Crippen LogP contribution in [0.15, 0.2) is 12.2 Å². The lowest BCUT2D eigenvalue weighted by atomic mass is 9.92. The van der Waals surface area contributed by atoms with Crippen LogP contribution in [-0.4, -0.2) is 40.7 Å². The van der Waals surface area contributed by atoms with E-state index in [1.54, 1.807) is 6.08 Å². The maximum atomic E-state index is 11.1. The van der Waals surface area contributed by atoms with Crippen molar-refractivity contribution in [2.75, 3.05) is 7.11 Å². The predicted octanol–water partition coefficient (Wildman–Crippen LogP) is 1.41. The SMILES string of the molecule is COC(=O)N(O)[C@H]1C=C[C@@H](C(O)C(C)C)C1. The van der Waals surface area contributed by atoms with Gasteiger partial charge in [0.05, 0.1) is 19.3 Å². The van der Waals surface area contributed by atoms with Crippen molar-refractivity contribution in [2.24, 2.45) is 11.8 Å². The second-order valence-corrected chi connectivity index (χ2v) is 4.40. The molecule has 0 heterocycles. The third kappa shape index (κ3) is 2.74.